The van der Waals surface area contributed by atoms with E-state index in [4.69, 9.17) is 14.5 Å². The fraction of sp³-hybridized carbons (Fsp3) is 0.536. The first-order valence-electron chi connectivity index (χ1n) is 13.0. The summed E-state index contributed by atoms with van der Waals surface area (Å²) in [5, 5.41) is 8.26. The number of aromatic amines is 1. The summed E-state index contributed by atoms with van der Waals surface area (Å²) in [6.45, 7) is 8.21. The summed E-state index contributed by atoms with van der Waals surface area (Å²) in [7, 11) is 3.93. The molecule has 3 aromatic rings. The van der Waals surface area contributed by atoms with E-state index in [0.29, 0.717) is 18.4 Å². The highest BCUT2D eigenvalue weighted by Crippen LogP contribution is 2.37. The summed E-state index contributed by atoms with van der Waals surface area (Å²) in [5.74, 6) is 2.79. The first-order chi connectivity index (χ1) is 17.1. The van der Waals surface area contributed by atoms with Crippen LogP contribution in [0.4, 0.5) is 5.69 Å². The summed E-state index contributed by atoms with van der Waals surface area (Å²) in [6, 6.07) is 10.5. The lowest BCUT2D eigenvalue weighted by atomic mass is 9.97. The number of H-pyrrole nitrogens is 1. The van der Waals surface area contributed by atoms with E-state index in [1.807, 2.05) is 0 Å². The Labute approximate surface area is 208 Å². The van der Waals surface area contributed by atoms with E-state index >= 15 is 0 Å². The molecule has 4 heterocycles. The van der Waals surface area contributed by atoms with Crippen molar-refractivity contribution in [1.29, 1.82) is 0 Å². The summed E-state index contributed by atoms with van der Waals surface area (Å²) < 4.78 is 12.1. The fourth-order valence-electron chi connectivity index (χ4n) is 5.22. The molecule has 0 saturated carbocycles. The SMILES string of the molecule is COc1cc2c(NCC3CCN(C)CC3)cc(-c3ccc(C)[nH]3)nc2cc1OCC1CCNCC1. The predicted molar refractivity (Wildman–Crippen MR) is 143 cm³/mol. The molecule has 0 unspecified atom stereocenters. The number of methoxy groups -OCH3 is 1. The van der Waals surface area contributed by atoms with Crippen molar-refractivity contribution in [3.8, 4) is 22.9 Å². The van der Waals surface area contributed by atoms with Crippen LogP contribution in [0.2, 0.25) is 0 Å². The first kappa shape index (κ1) is 23.9. The number of nitrogens with zero attached hydrogens (tertiary/aromatic N) is 2. The van der Waals surface area contributed by atoms with Gasteiger partial charge in [0.2, 0.25) is 0 Å². The zero-order valence-corrected chi connectivity index (χ0v) is 21.3. The van der Waals surface area contributed by atoms with Gasteiger partial charge in [0.1, 0.15) is 0 Å². The molecule has 0 aliphatic carbocycles. The lowest BCUT2D eigenvalue weighted by Gasteiger charge is -2.29. The third kappa shape index (κ3) is 5.73. The molecule has 2 fully saturated rings. The Bertz CT molecular complexity index is 1130. The summed E-state index contributed by atoms with van der Waals surface area (Å²) >= 11 is 0. The van der Waals surface area contributed by atoms with E-state index in [2.05, 4.69) is 64.8 Å². The zero-order chi connectivity index (χ0) is 24.2. The number of hydrogen-bond donors (Lipinski definition) is 3. The van der Waals surface area contributed by atoms with Crippen LogP contribution in [-0.4, -0.2) is 68.4 Å². The van der Waals surface area contributed by atoms with Crippen molar-refractivity contribution in [1.82, 2.24) is 20.2 Å². The van der Waals surface area contributed by atoms with Crippen LogP contribution >= 0.6 is 0 Å². The number of rotatable bonds is 8. The summed E-state index contributed by atoms with van der Waals surface area (Å²) in [4.78, 5) is 10.9. The number of benzene rings is 1. The van der Waals surface area contributed by atoms with Gasteiger partial charge in [-0.25, -0.2) is 4.98 Å². The number of nitrogens with one attached hydrogen (secondary N) is 3. The number of aromatic nitrogens is 2. The van der Waals surface area contributed by atoms with Gasteiger partial charge in [0.15, 0.2) is 11.5 Å². The zero-order valence-electron chi connectivity index (χ0n) is 21.3. The molecule has 0 spiro atoms. The third-order valence-electron chi connectivity index (χ3n) is 7.55. The molecule has 7 heteroatoms. The minimum absolute atomic E-state index is 0.574. The van der Waals surface area contributed by atoms with Crippen LogP contribution in [0, 0.1) is 18.8 Å². The Balaban J connectivity index is 1.45. The quantitative estimate of drug-likeness (QED) is 0.438. The molecule has 7 nitrogen and oxygen atoms in total. The van der Waals surface area contributed by atoms with Crippen molar-refractivity contribution < 1.29 is 9.47 Å². The van der Waals surface area contributed by atoms with E-state index < -0.39 is 0 Å². The monoisotopic (exact) mass is 477 g/mol. The van der Waals surface area contributed by atoms with Gasteiger partial charge in [0.25, 0.3) is 0 Å². The van der Waals surface area contributed by atoms with Crippen LogP contribution in [0.25, 0.3) is 22.3 Å². The van der Waals surface area contributed by atoms with Crippen molar-refractivity contribution >= 4 is 16.6 Å². The van der Waals surface area contributed by atoms with E-state index in [9.17, 15) is 0 Å². The van der Waals surface area contributed by atoms with E-state index in [-0.39, 0.29) is 0 Å². The van der Waals surface area contributed by atoms with E-state index in [1.54, 1.807) is 7.11 Å². The molecule has 2 aromatic heterocycles. The van der Waals surface area contributed by atoms with Gasteiger partial charge in [-0.15, -0.1) is 0 Å². The largest absolute Gasteiger partial charge is 0.493 e. The molecular formula is C28H39N5O2. The number of piperidine rings is 2. The van der Waals surface area contributed by atoms with Crippen molar-refractivity contribution in [2.75, 3.05) is 58.8 Å². The molecule has 188 valence electrons. The number of pyridine rings is 1. The van der Waals surface area contributed by atoms with Gasteiger partial charge >= 0.3 is 0 Å². The second kappa shape index (κ2) is 10.9. The van der Waals surface area contributed by atoms with Gasteiger partial charge in [0, 0.05) is 29.4 Å². The van der Waals surface area contributed by atoms with Crippen molar-refractivity contribution in [3.05, 3.63) is 36.0 Å². The molecule has 1 aromatic carbocycles. The highest BCUT2D eigenvalue weighted by atomic mass is 16.5. The molecule has 5 rings (SSSR count). The lowest BCUT2D eigenvalue weighted by Crippen LogP contribution is -2.33. The van der Waals surface area contributed by atoms with Crippen LogP contribution in [0.15, 0.2) is 30.3 Å². The minimum atomic E-state index is 0.574. The second-order valence-corrected chi connectivity index (χ2v) is 10.3. The molecule has 0 bridgehead atoms. The van der Waals surface area contributed by atoms with E-state index in [0.717, 1.165) is 77.6 Å². The molecule has 0 amide bonds. The summed E-state index contributed by atoms with van der Waals surface area (Å²) in [6.07, 6.45) is 4.76. The number of ether oxygens (including phenoxy) is 2. The van der Waals surface area contributed by atoms with Crippen LogP contribution in [0.1, 0.15) is 31.4 Å². The van der Waals surface area contributed by atoms with Crippen molar-refractivity contribution in [2.24, 2.45) is 11.8 Å². The molecule has 35 heavy (non-hydrogen) atoms. The van der Waals surface area contributed by atoms with Crippen LogP contribution in [0.5, 0.6) is 11.5 Å². The van der Waals surface area contributed by atoms with Crippen molar-refractivity contribution in [2.45, 2.75) is 32.6 Å². The Morgan fingerprint density at radius 3 is 2.54 bits per heavy atom. The maximum Gasteiger partial charge on any atom is 0.163 e. The molecule has 0 atom stereocenters. The molecule has 3 N–H and O–H groups in total. The van der Waals surface area contributed by atoms with Gasteiger partial charge in [-0.3, -0.25) is 0 Å². The highest BCUT2D eigenvalue weighted by Gasteiger charge is 2.19. The maximum absolute atomic E-state index is 6.30. The Hall–Kier alpha value is -2.77. The number of aryl methyl sites for hydroxylation is 1. The Morgan fingerprint density at radius 1 is 1.03 bits per heavy atom. The van der Waals surface area contributed by atoms with Crippen molar-refractivity contribution in [3.63, 3.8) is 0 Å². The minimum Gasteiger partial charge on any atom is -0.493 e. The number of fused-ring (bicyclic) bond motifs is 1. The second-order valence-electron chi connectivity index (χ2n) is 10.3. The van der Waals surface area contributed by atoms with Gasteiger partial charge < -0.3 is 30.0 Å². The van der Waals surface area contributed by atoms with Crippen LogP contribution in [0.3, 0.4) is 0 Å². The normalized spacial score (nSPS) is 18.1. The number of anilines is 1. The molecular weight excluding hydrogens is 438 g/mol. The maximum atomic E-state index is 6.30. The number of hydrogen-bond acceptors (Lipinski definition) is 6. The molecule has 0 radical (unpaired) electrons. The summed E-state index contributed by atoms with van der Waals surface area (Å²) in [5.41, 5.74) is 5.11. The average Bonchev–Trinajstić information content (AvgIpc) is 3.33. The topological polar surface area (TPSA) is 74.4 Å². The van der Waals surface area contributed by atoms with E-state index in [1.165, 1.54) is 25.9 Å². The average molecular weight is 478 g/mol. The Kier molecular flexibility index (Phi) is 7.44. The predicted octanol–water partition coefficient (Wildman–Crippen LogP) is 4.68. The Morgan fingerprint density at radius 2 is 1.83 bits per heavy atom. The van der Waals surface area contributed by atoms with Crippen LogP contribution in [-0.2, 0) is 0 Å². The van der Waals surface area contributed by atoms with Gasteiger partial charge in [0.05, 0.1) is 30.6 Å². The smallest absolute Gasteiger partial charge is 0.163 e. The molecule has 2 aliphatic rings. The highest BCUT2D eigenvalue weighted by molar-refractivity contribution is 5.95. The van der Waals surface area contributed by atoms with Gasteiger partial charge in [-0.2, -0.15) is 0 Å². The van der Waals surface area contributed by atoms with Gasteiger partial charge in [-0.05, 0) is 102 Å². The number of likely N-dealkylation sites (tertiary alicyclic amines) is 1. The lowest BCUT2D eigenvalue weighted by molar-refractivity contribution is 0.208. The molecule has 2 aliphatic heterocycles. The first-order valence-corrected chi connectivity index (χ1v) is 13.0. The fourth-order valence-corrected chi connectivity index (χ4v) is 5.22. The van der Waals surface area contributed by atoms with Crippen LogP contribution < -0.4 is 20.1 Å². The van der Waals surface area contributed by atoms with Gasteiger partial charge in [-0.1, -0.05) is 0 Å². The molecule has 2 saturated heterocycles. The standard InChI is InChI=1S/C28H39N5O2/c1-19-4-5-23(31-19)26-15-24(30-17-20-8-12-33(2)13-9-20)22-14-27(34-3)28(16-25(22)32-26)35-18-21-6-10-29-11-7-21/h4-5,14-16,20-21,29,31H,6-13,17-18H2,1-3H3,(H,30,32). The third-order valence-corrected chi connectivity index (χ3v) is 7.55.